The fraction of sp³-hybridized carbons (Fsp3) is 0. The smallest absolute Gasteiger partial charge is 0.0468 e. The van der Waals surface area contributed by atoms with Crippen LogP contribution in [0.5, 0.6) is 0 Å². The highest BCUT2D eigenvalue weighted by molar-refractivity contribution is 6.32. The Morgan fingerprint density at radius 1 is 0.181 bits per heavy atom. The SMILES string of the molecule is c1ccc(-c2ccc(N(c3ccccc3)c3ccc4c(ccc5c(-c6ccccc6)c6c(ccc7cc(N(c8ccccc8)c8ccc(-c9ccccc9)cc8)ccc76)c(-c6ccccc6)c54)c3)cc2)cc1. The molecule has 0 saturated carbocycles. The van der Waals surface area contributed by atoms with Gasteiger partial charge in [0, 0.05) is 34.1 Å². The number of hydrogen-bond donors (Lipinski definition) is 0. The van der Waals surface area contributed by atoms with E-state index in [1.165, 1.54) is 87.6 Å². The maximum absolute atomic E-state index is 2.38. The lowest BCUT2D eigenvalue weighted by molar-refractivity contribution is 1.29. The van der Waals surface area contributed by atoms with Crippen molar-refractivity contribution >= 4 is 77.2 Å². The highest BCUT2D eigenvalue weighted by Gasteiger charge is 2.23. The minimum absolute atomic E-state index is 1.10. The second kappa shape index (κ2) is 18.4. The Balaban J connectivity index is 1.02. The quantitative estimate of drug-likeness (QED) is 0.0996. The van der Waals surface area contributed by atoms with Crippen LogP contribution < -0.4 is 9.80 Å². The first-order chi connectivity index (χ1) is 35.7. The van der Waals surface area contributed by atoms with Crippen molar-refractivity contribution in [3.05, 3.63) is 291 Å². The summed E-state index contributed by atoms with van der Waals surface area (Å²) in [6, 6.07) is 106. The molecule has 0 unspecified atom stereocenters. The van der Waals surface area contributed by atoms with Crippen LogP contribution in [0.25, 0.3) is 87.6 Å². The molecule has 0 bridgehead atoms. The Kier molecular flexibility index (Phi) is 10.9. The van der Waals surface area contributed by atoms with Crippen molar-refractivity contribution in [3.8, 4) is 44.5 Å². The van der Waals surface area contributed by atoms with E-state index in [2.05, 4.69) is 301 Å². The van der Waals surface area contributed by atoms with Crippen LogP contribution in [0.15, 0.2) is 291 Å². The normalized spacial score (nSPS) is 11.3. The minimum atomic E-state index is 1.10. The monoisotopic (exact) mass is 916 g/mol. The third-order valence-electron chi connectivity index (χ3n) is 14.2. The fourth-order valence-electron chi connectivity index (χ4n) is 10.9. The lowest BCUT2D eigenvalue weighted by atomic mass is 9.82. The van der Waals surface area contributed by atoms with Gasteiger partial charge in [0.05, 0.1) is 0 Å². The largest absolute Gasteiger partial charge is 0.310 e. The molecule has 0 amide bonds. The molecule has 0 N–H and O–H groups in total. The molecule has 0 heterocycles. The van der Waals surface area contributed by atoms with Crippen LogP contribution in [0.2, 0.25) is 0 Å². The third kappa shape index (κ3) is 7.73. The summed E-state index contributed by atoms with van der Waals surface area (Å²) in [5.41, 5.74) is 16.3. The van der Waals surface area contributed by atoms with Crippen LogP contribution in [0.1, 0.15) is 0 Å². The Labute approximate surface area is 420 Å². The highest BCUT2D eigenvalue weighted by Crippen LogP contribution is 2.50. The average molecular weight is 917 g/mol. The van der Waals surface area contributed by atoms with E-state index in [1.54, 1.807) is 0 Å². The van der Waals surface area contributed by atoms with Crippen LogP contribution in [0.3, 0.4) is 0 Å². The van der Waals surface area contributed by atoms with Crippen LogP contribution in [0.4, 0.5) is 34.1 Å². The summed E-state index contributed by atoms with van der Waals surface area (Å²) in [4.78, 5) is 4.73. The Morgan fingerprint density at radius 2 is 0.444 bits per heavy atom. The Hall–Kier alpha value is -9.50. The molecule has 0 fully saturated rings. The third-order valence-corrected chi connectivity index (χ3v) is 14.2. The first-order valence-electron chi connectivity index (χ1n) is 24.7. The molecule has 13 rings (SSSR count). The standard InChI is InChI=1S/C70H48N2/c1-7-19-49(20-8-1)51-31-37-59(38-32-51)71(57-27-15-5-16-28-57)61-41-45-63-55(47-61)35-43-65-68(54-25-13-4-14-26-54)70-64-46-42-62(48-56(64)36-44-66(70)67(69(63)65)53-23-11-3-12-24-53)72(58-29-17-6-18-30-58)60-39-33-52(34-40-60)50-21-9-2-10-22-50/h1-48H. The van der Waals surface area contributed by atoms with Crippen molar-refractivity contribution in [2.24, 2.45) is 0 Å². The molecule has 0 spiro atoms. The summed E-state index contributed by atoms with van der Waals surface area (Å²) in [5.74, 6) is 0. The van der Waals surface area contributed by atoms with E-state index in [0.717, 1.165) is 34.1 Å². The summed E-state index contributed by atoms with van der Waals surface area (Å²) < 4.78 is 0. The number of fused-ring (bicyclic) bond motifs is 6. The van der Waals surface area contributed by atoms with Gasteiger partial charge in [0.1, 0.15) is 0 Å². The average Bonchev–Trinajstić information content (AvgIpc) is 3.46. The molecule has 0 aliphatic heterocycles. The van der Waals surface area contributed by atoms with Gasteiger partial charge in [-0.25, -0.2) is 0 Å². The van der Waals surface area contributed by atoms with Gasteiger partial charge in [0.25, 0.3) is 0 Å². The van der Waals surface area contributed by atoms with Gasteiger partial charge in [-0.05, 0) is 160 Å². The van der Waals surface area contributed by atoms with Gasteiger partial charge in [0.15, 0.2) is 0 Å². The number of rotatable bonds is 10. The second-order valence-electron chi connectivity index (χ2n) is 18.4. The van der Waals surface area contributed by atoms with Crippen molar-refractivity contribution in [2.75, 3.05) is 9.80 Å². The van der Waals surface area contributed by atoms with Gasteiger partial charge in [-0.1, -0.05) is 218 Å². The number of hydrogen-bond acceptors (Lipinski definition) is 2. The van der Waals surface area contributed by atoms with Crippen molar-refractivity contribution in [1.82, 2.24) is 0 Å². The summed E-state index contributed by atoms with van der Waals surface area (Å²) >= 11 is 0. The Morgan fingerprint density at radius 3 is 0.792 bits per heavy atom. The molecule has 0 aliphatic rings. The summed E-state index contributed by atoms with van der Waals surface area (Å²) in [6.45, 7) is 0. The van der Waals surface area contributed by atoms with E-state index in [-0.39, 0.29) is 0 Å². The molecule has 0 saturated heterocycles. The maximum atomic E-state index is 2.38. The van der Waals surface area contributed by atoms with Gasteiger partial charge in [-0.2, -0.15) is 0 Å². The molecule has 338 valence electrons. The lowest BCUT2D eigenvalue weighted by Crippen LogP contribution is -2.09. The van der Waals surface area contributed by atoms with E-state index in [1.807, 2.05) is 0 Å². The van der Waals surface area contributed by atoms with Crippen LogP contribution in [0, 0.1) is 0 Å². The van der Waals surface area contributed by atoms with Crippen molar-refractivity contribution < 1.29 is 0 Å². The number of para-hydroxylation sites is 2. The van der Waals surface area contributed by atoms with Crippen molar-refractivity contribution in [3.63, 3.8) is 0 Å². The summed E-state index contributed by atoms with van der Waals surface area (Å²) in [7, 11) is 0. The molecule has 0 atom stereocenters. The molecular formula is C70H48N2. The van der Waals surface area contributed by atoms with Crippen LogP contribution in [-0.2, 0) is 0 Å². The first kappa shape index (κ1) is 42.6. The van der Waals surface area contributed by atoms with Gasteiger partial charge in [-0.3, -0.25) is 0 Å². The number of benzene rings is 13. The topological polar surface area (TPSA) is 6.48 Å². The molecule has 13 aromatic carbocycles. The van der Waals surface area contributed by atoms with E-state index < -0.39 is 0 Å². The van der Waals surface area contributed by atoms with E-state index >= 15 is 0 Å². The molecule has 2 nitrogen and oxygen atoms in total. The highest BCUT2D eigenvalue weighted by atomic mass is 15.1. The molecule has 0 radical (unpaired) electrons. The first-order valence-corrected chi connectivity index (χ1v) is 24.7. The van der Waals surface area contributed by atoms with Crippen LogP contribution >= 0.6 is 0 Å². The van der Waals surface area contributed by atoms with E-state index in [0.29, 0.717) is 0 Å². The molecule has 13 aromatic rings. The number of anilines is 6. The van der Waals surface area contributed by atoms with Crippen molar-refractivity contribution in [1.29, 1.82) is 0 Å². The molecule has 0 aromatic heterocycles. The fourth-order valence-corrected chi connectivity index (χ4v) is 10.9. The van der Waals surface area contributed by atoms with E-state index in [4.69, 9.17) is 0 Å². The van der Waals surface area contributed by atoms with Gasteiger partial charge < -0.3 is 9.80 Å². The molecule has 0 aliphatic carbocycles. The lowest BCUT2D eigenvalue weighted by Gasteiger charge is -2.27. The zero-order valence-electron chi connectivity index (χ0n) is 39.6. The van der Waals surface area contributed by atoms with Gasteiger partial charge in [-0.15, -0.1) is 0 Å². The number of nitrogens with zero attached hydrogens (tertiary/aromatic N) is 2. The molecule has 2 heteroatoms. The molecular weight excluding hydrogens is 869 g/mol. The molecule has 72 heavy (non-hydrogen) atoms. The van der Waals surface area contributed by atoms with E-state index in [9.17, 15) is 0 Å². The van der Waals surface area contributed by atoms with Crippen LogP contribution in [-0.4, -0.2) is 0 Å². The van der Waals surface area contributed by atoms with Gasteiger partial charge >= 0.3 is 0 Å². The Bertz CT molecular complexity index is 3760. The second-order valence-corrected chi connectivity index (χ2v) is 18.4. The maximum Gasteiger partial charge on any atom is 0.0468 e. The summed E-state index contributed by atoms with van der Waals surface area (Å²) in [6.07, 6.45) is 0. The zero-order chi connectivity index (χ0) is 47.8. The zero-order valence-corrected chi connectivity index (χ0v) is 39.6. The predicted octanol–water partition coefficient (Wildman–Crippen LogP) is 19.9. The van der Waals surface area contributed by atoms with Gasteiger partial charge in [0.2, 0.25) is 0 Å². The predicted molar refractivity (Wildman–Crippen MR) is 308 cm³/mol. The van der Waals surface area contributed by atoms with Crippen molar-refractivity contribution in [2.45, 2.75) is 0 Å². The summed E-state index contributed by atoms with van der Waals surface area (Å²) in [5, 5.41) is 9.75. The minimum Gasteiger partial charge on any atom is -0.310 e.